The molecule has 1 saturated carbocycles. The molecule has 1 heterocycles. The number of halogens is 3. The lowest BCUT2D eigenvalue weighted by atomic mass is 9.98. The van der Waals surface area contributed by atoms with E-state index in [4.69, 9.17) is 0 Å². The molecule has 0 aromatic heterocycles. The summed E-state index contributed by atoms with van der Waals surface area (Å²) in [5, 5.41) is 12.1. The number of rotatable bonds is 5. The summed E-state index contributed by atoms with van der Waals surface area (Å²) in [7, 11) is 0. The van der Waals surface area contributed by atoms with E-state index in [2.05, 4.69) is 11.4 Å². The number of carbonyl (C=O) groups excluding carboxylic acids is 2. The van der Waals surface area contributed by atoms with Gasteiger partial charge in [0.15, 0.2) is 0 Å². The van der Waals surface area contributed by atoms with Crippen LogP contribution in [0.4, 0.5) is 13.2 Å². The van der Waals surface area contributed by atoms with Gasteiger partial charge in [-0.2, -0.15) is 18.4 Å². The second kappa shape index (κ2) is 8.03. The molecule has 2 fully saturated rings. The van der Waals surface area contributed by atoms with Crippen LogP contribution < -0.4 is 5.32 Å². The summed E-state index contributed by atoms with van der Waals surface area (Å²) in [5.74, 6) is -0.740. The summed E-state index contributed by atoms with van der Waals surface area (Å²) < 4.78 is 39.5. The van der Waals surface area contributed by atoms with E-state index in [0.717, 1.165) is 18.9 Å². The van der Waals surface area contributed by atoms with E-state index in [1.165, 1.54) is 23.1 Å². The summed E-state index contributed by atoms with van der Waals surface area (Å²) in [6, 6.07) is 6.93. The van der Waals surface area contributed by atoms with Gasteiger partial charge in [0, 0.05) is 26.2 Å². The highest BCUT2D eigenvalue weighted by molar-refractivity contribution is 5.96. The van der Waals surface area contributed by atoms with Crippen LogP contribution in [-0.2, 0) is 11.0 Å². The molecule has 1 aliphatic carbocycles. The highest BCUT2D eigenvalue weighted by Gasteiger charge is 2.43. The molecule has 9 heteroatoms. The maximum Gasteiger partial charge on any atom is 0.417 e. The Bertz CT molecular complexity index is 824. The predicted octanol–water partition coefficient (Wildman–Crippen LogP) is 2.27. The molecule has 29 heavy (non-hydrogen) atoms. The number of piperazine rings is 1. The molecule has 3 rings (SSSR count). The number of hydrogen-bond donors (Lipinski definition) is 1. The van der Waals surface area contributed by atoms with Gasteiger partial charge in [0.1, 0.15) is 5.54 Å². The number of nitrogens with zero attached hydrogens (tertiary/aromatic N) is 3. The molecule has 0 radical (unpaired) electrons. The summed E-state index contributed by atoms with van der Waals surface area (Å²) in [6.07, 6.45) is -2.75. The van der Waals surface area contributed by atoms with Crippen LogP contribution in [0.3, 0.4) is 0 Å². The van der Waals surface area contributed by atoms with E-state index in [1.807, 2.05) is 4.90 Å². The molecule has 2 aliphatic rings. The zero-order valence-corrected chi connectivity index (χ0v) is 16.1. The first-order valence-electron chi connectivity index (χ1n) is 9.54. The predicted molar refractivity (Wildman–Crippen MR) is 98.7 cm³/mol. The van der Waals surface area contributed by atoms with Gasteiger partial charge in [-0.1, -0.05) is 12.1 Å². The van der Waals surface area contributed by atoms with Gasteiger partial charge in [0.05, 0.1) is 23.7 Å². The number of amides is 2. The highest BCUT2D eigenvalue weighted by atomic mass is 19.4. The molecule has 1 aromatic carbocycles. The Morgan fingerprint density at radius 2 is 1.79 bits per heavy atom. The fourth-order valence-electron chi connectivity index (χ4n) is 3.61. The van der Waals surface area contributed by atoms with Crippen LogP contribution in [0, 0.1) is 17.2 Å². The van der Waals surface area contributed by atoms with Crippen molar-refractivity contribution in [3.8, 4) is 6.07 Å². The van der Waals surface area contributed by atoms with Crippen LogP contribution >= 0.6 is 0 Å². The lowest BCUT2D eigenvalue weighted by Crippen LogP contribution is -2.54. The van der Waals surface area contributed by atoms with Crippen molar-refractivity contribution in [3.05, 3.63) is 35.4 Å². The minimum atomic E-state index is -4.60. The number of carbonyl (C=O) groups is 2. The normalized spacial score (nSPS) is 19.9. The third-order valence-corrected chi connectivity index (χ3v) is 5.51. The fraction of sp³-hybridized carbons (Fsp3) is 0.550. The van der Waals surface area contributed by atoms with E-state index >= 15 is 0 Å². The zero-order valence-electron chi connectivity index (χ0n) is 16.1. The Morgan fingerprint density at radius 3 is 2.34 bits per heavy atom. The average Bonchev–Trinajstić information content (AvgIpc) is 3.53. The molecule has 0 bridgehead atoms. The molecule has 156 valence electrons. The number of nitriles is 1. The van der Waals surface area contributed by atoms with Gasteiger partial charge >= 0.3 is 6.18 Å². The summed E-state index contributed by atoms with van der Waals surface area (Å²) >= 11 is 0. The number of hydrogen-bond acceptors (Lipinski definition) is 4. The number of alkyl halides is 3. The van der Waals surface area contributed by atoms with Crippen LogP contribution in [0.1, 0.15) is 35.7 Å². The van der Waals surface area contributed by atoms with Crippen LogP contribution in [0.5, 0.6) is 0 Å². The third kappa shape index (κ3) is 4.88. The standard InChI is InChI=1S/C20H23F3N4O2/c1-19(13-24,14-6-7-14)25-17(28)12-26-8-10-27(11-9-26)18(29)15-4-2-3-5-16(15)20(21,22)23/h2-5,14H,6-12H2,1H3,(H,25,28)/t19-/m1/s1. The minimum Gasteiger partial charge on any atom is -0.337 e. The lowest BCUT2D eigenvalue weighted by molar-refractivity contribution is -0.138. The molecule has 1 saturated heterocycles. The fourth-order valence-corrected chi connectivity index (χ4v) is 3.61. The Kier molecular flexibility index (Phi) is 5.85. The molecule has 1 N–H and O–H groups in total. The van der Waals surface area contributed by atoms with Gasteiger partial charge in [-0.05, 0) is 37.8 Å². The van der Waals surface area contributed by atoms with Crippen molar-refractivity contribution in [2.75, 3.05) is 32.7 Å². The van der Waals surface area contributed by atoms with Gasteiger partial charge < -0.3 is 10.2 Å². The molecule has 2 amide bonds. The molecule has 1 atom stereocenters. The molecule has 6 nitrogen and oxygen atoms in total. The second-order valence-electron chi connectivity index (χ2n) is 7.75. The van der Waals surface area contributed by atoms with E-state index in [0.29, 0.717) is 13.1 Å². The summed E-state index contributed by atoms with van der Waals surface area (Å²) in [6.45, 7) is 3.02. The van der Waals surface area contributed by atoms with Crippen molar-refractivity contribution in [3.63, 3.8) is 0 Å². The van der Waals surface area contributed by atoms with Crippen LogP contribution in [-0.4, -0.2) is 59.9 Å². The molecular formula is C20H23F3N4O2. The molecule has 0 spiro atoms. The van der Waals surface area contributed by atoms with Crippen molar-refractivity contribution in [1.29, 1.82) is 5.26 Å². The van der Waals surface area contributed by atoms with Gasteiger partial charge in [-0.25, -0.2) is 0 Å². The third-order valence-electron chi connectivity index (χ3n) is 5.51. The van der Waals surface area contributed by atoms with Gasteiger partial charge in [-0.15, -0.1) is 0 Å². The first kappa shape index (κ1) is 21.1. The van der Waals surface area contributed by atoms with E-state index in [9.17, 15) is 28.0 Å². The average molecular weight is 408 g/mol. The summed E-state index contributed by atoms with van der Waals surface area (Å²) in [5.41, 5.74) is -2.17. The highest BCUT2D eigenvalue weighted by Crippen LogP contribution is 2.39. The largest absolute Gasteiger partial charge is 0.417 e. The first-order chi connectivity index (χ1) is 13.6. The van der Waals surface area contributed by atoms with E-state index < -0.39 is 23.2 Å². The molecule has 1 aliphatic heterocycles. The van der Waals surface area contributed by atoms with Crippen LogP contribution in [0.25, 0.3) is 0 Å². The topological polar surface area (TPSA) is 76.4 Å². The van der Waals surface area contributed by atoms with Gasteiger partial charge in [-0.3, -0.25) is 14.5 Å². The quantitative estimate of drug-likeness (QED) is 0.811. The molecular weight excluding hydrogens is 385 g/mol. The maximum atomic E-state index is 13.2. The van der Waals surface area contributed by atoms with Crippen molar-refractivity contribution >= 4 is 11.8 Å². The van der Waals surface area contributed by atoms with Crippen LogP contribution in [0.2, 0.25) is 0 Å². The SMILES string of the molecule is C[C@](C#N)(NC(=O)CN1CCN(C(=O)c2ccccc2C(F)(F)F)CC1)C1CC1. The Morgan fingerprint density at radius 1 is 1.17 bits per heavy atom. The van der Waals surface area contributed by atoms with Gasteiger partial charge in [0.25, 0.3) is 5.91 Å². The van der Waals surface area contributed by atoms with Crippen LogP contribution in [0.15, 0.2) is 24.3 Å². The van der Waals surface area contributed by atoms with Crippen molar-refractivity contribution in [2.45, 2.75) is 31.5 Å². The zero-order chi connectivity index (χ0) is 21.2. The van der Waals surface area contributed by atoms with Crippen molar-refractivity contribution in [2.24, 2.45) is 5.92 Å². The Balaban J connectivity index is 1.55. The lowest BCUT2D eigenvalue weighted by Gasteiger charge is -2.35. The summed E-state index contributed by atoms with van der Waals surface area (Å²) in [4.78, 5) is 28.1. The van der Waals surface area contributed by atoms with E-state index in [1.54, 1.807) is 6.92 Å². The minimum absolute atomic E-state index is 0.0885. The van der Waals surface area contributed by atoms with Crippen molar-refractivity contribution in [1.82, 2.24) is 15.1 Å². The Labute approximate surface area is 167 Å². The number of nitrogens with one attached hydrogen (secondary N) is 1. The second-order valence-corrected chi connectivity index (χ2v) is 7.75. The van der Waals surface area contributed by atoms with Crippen molar-refractivity contribution < 1.29 is 22.8 Å². The first-order valence-corrected chi connectivity index (χ1v) is 9.54. The van der Waals surface area contributed by atoms with Gasteiger partial charge in [0.2, 0.25) is 5.91 Å². The maximum absolute atomic E-state index is 13.2. The smallest absolute Gasteiger partial charge is 0.337 e. The molecule has 0 unspecified atom stereocenters. The molecule has 1 aromatic rings. The Hall–Kier alpha value is -2.60. The monoisotopic (exact) mass is 408 g/mol. The number of benzene rings is 1. The van der Waals surface area contributed by atoms with E-state index in [-0.39, 0.29) is 37.0 Å².